The number of nitrogens with zero attached hydrogens (tertiary/aromatic N) is 1. The minimum atomic E-state index is 0.0813. The van der Waals surface area contributed by atoms with Crippen molar-refractivity contribution < 1.29 is 14.7 Å². The van der Waals surface area contributed by atoms with Gasteiger partial charge in [-0.05, 0) is 38.3 Å². The predicted molar refractivity (Wildman–Crippen MR) is 76.6 cm³/mol. The van der Waals surface area contributed by atoms with Crippen LogP contribution in [0, 0.1) is 0 Å². The van der Waals surface area contributed by atoms with Crippen LogP contribution in [0.5, 0.6) is 5.75 Å². The van der Waals surface area contributed by atoms with Crippen LogP contribution in [0.25, 0.3) is 0 Å². The van der Waals surface area contributed by atoms with E-state index in [1.54, 1.807) is 6.92 Å². The third kappa shape index (κ3) is 2.52. The van der Waals surface area contributed by atoms with Crippen molar-refractivity contribution in [3.8, 4) is 5.75 Å². The Morgan fingerprint density at radius 1 is 1.40 bits per heavy atom. The van der Waals surface area contributed by atoms with E-state index in [1.165, 1.54) is 6.42 Å². The molecule has 2 aliphatic rings. The molecule has 1 aromatic rings. The van der Waals surface area contributed by atoms with Crippen LogP contribution in [-0.4, -0.2) is 29.2 Å². The first-order valence-electron chi connectivity index (χ1n) is 7.31. The van der Waals surface area contributed by atoms with Crippen molar-refractivity contribution in [1.29, 1.82) is 0 Å². The first kappa shape index (κ1) is 13.4. The fourth-order valence-corrected chi connectivity index (χ4v) is 3.10. The molecule has 2 fully saturated rings. The smallest absolute Gasteiger partial charge is 0.128 e. The van der Waals surface area contributed by atoms with Gasteiger partial charge in [0.1, 0.15) is 11.9 Å². The standard InChI is InChI=1S/C16H21NO3/c1-12(17-18)14-5-2-3-6-15(14)20-13-7-10-19-16(11-13)8-4-9-16/h2-3,5-6,13,18H,4,7-11H2,1H3/b17-12-. The van der Waals surface area contributed by atoms with Gasteiger partial charge in [-0.3, -0.25) is 0 Å². The van der Waals surface area contributed by atoms with Crippen molar-refractivity contribution in [2.45, 2.75) is 50.7 Å². The second-order valence-electron chi connectivity index (χ2n) is 5.80. The third-order valence-corrected chi connectivity index (χ3v) is 4.43. The second kappa shape index (κ2) is 5.44. The molecular weight excluding hydrogens is 254 g/mol. The van der Waals surface area contributed by atoms with Gasteiger partial charge < -0.3 is 14.7 Å². The van der Waals surface area contributed by atoms with E-state index < -0.39 is 0 Å². The predicted octanol–water partition coefficient (Wildman–Crippen LogP) is 3.37. The number of hydrogen-bond donors (Lipinski definition) is 1. The molecule has 1 aromatic carbocycles. The van der Waals surface area contributed by atoms with Gasteiger partial charge in [-0.15, -0.1) is 0 Å². The Balaban J connectivity index is 1.74. The monoisotopic (exact) mass is 275 g/mol. The van der Waals surface area contributed by atoms with E-state index in [0.29, 0.717) is 5.71 Å². The highest BCUT2D eigenvalue weighted by atomic mass is 16.5. The molecule has 1 aliphatic carbocycles. The van der Waals surface area contributed by atoms with E-state index in [4.69, 9.17) is 14.7 Å². The Morgan fingerprint density at radius 3 is 2.90 bits per heavy atom. The molecule has 1 N–H and O–H groups in total. The van der Waals surface area contributed by atoms with E-state index in [9.17, 15) is 0 Å². The number of oxime groups is 1. The van der Waals surface area contributed by atoms with E-state index in [2.05, 4.69) is 5.16 Å². The summed E-state index contributed by atoms with van der Waals surface area (Å²) in [5.41, 5.74) is 1.51. The topological polar surface area (TPSA) is 51.1 Å². The molecule has 108 valence electrons. The summed E-state index contributed by atoms with van der Waals surface area (Å²) < 4.78 is 12.1. The van der Waals surface area contributed by atoms with Crippen molar-refractivity contribution in [3.05, 3.63) is 29.8 Å². The molecule has 1 aliphatic heterocycles. The van der Waals surface area contributed by atoms with Crippen molar-refractivity contribution in [3.63, 3.8) is 0 Å². The van der Waals surface area contributed by atoms with Crippen molar-refractivity contribution in [1.82, 2.24) is 0 Å². The number of ether oxygens (including phenoxy) is 2. The quantitative estimate of drug-likeness (QED) is 0.523. The Kier molecular flexibility index (Phi) is 3.66. The summed E-state index contributed by atoms with van der Waals surface area (Å²) >= 11 is 0. The fraction of sp³-hybridized carbons (Fsp3) is 0.562. The highest BCUT2D eigenvalue weighted by Crippen LogP contribution is 2.43. The second-order valence-corrected chi connectivity index (χ2v) is 5.80. The zero-order chi connectivity index (χ0) is 14.0. The van der Waals surface area contributed by atoms with Crippen LogP contribution in [0.4, 0.5) is 0 Å². The highest BCUT2D eigenvalue weighted by molar-refractivity contribution is 6.00. The molecule has 1 atom stereocenters. The lowest BCUT2D eigenvalue weighted by molar-refractivity contribution is -0.153. The molecule has 1 saturated heterocycles. The zero-order valence-electron chi connectivity index (χ0n) is 11.8. The van der Waals surface area contributed by atoms with E-state index >= 15 is 0 Å². The molecule has 0 radical (unpaired) electrons. The minimum absolute atomic E-state index is 0.0813. The lowest BCUT2D eigenvalue weighted by Crippen LogP contribution is -2.48. The molecule has 4 heteroatoms. The first-order chi connectivity index (χ1) is 9.72. The van der Waals surface area contributed by atoms with Gasteiger partial charge in [0, 0.05) is 18.4 Å². The molecule has 1 unspecified atom stereocenters. The van der Waals surface area contributed by atoms with Gasteiger partial charge in [0.25, 0.3) is 0 Å². The normalized spacial score (nSPS) is 25.2. The summed E-state index contributed by atoms with van der Waals surface area (Å²) in [7, 11) is 0. The van der Waals surface area contributed by atoms with Gasteiger partial charge in [-0.1, -0.05) is 17.3 Å². The van der Waals surface area contributed by atoms with Crippen LogP contribution in [0.3, 0.4) is 0 Å². The number of rotatable bonds is 3. The molecule has 4 nitrogen and oxygen atoms in total. The maximum atomic E-state index is 8.96. The zero-order valence-corrected chi connectivity index (χ0v) is 11.8. The number of para-hydroxylation sites is 1. The van der Waals surface area contributed by atoms with Gasteiger partial charge in [-0.2, -0.15) is 0 Å². The Bertz CT molecular complexity index is 508. The average Bonchev–Trinajstić information content (AvgIpc) is 2.46. The van der Waals surface area contributed by atoms with Gasteiger partial charge in [0.15, 0.2) is 0 Å². The van der Waals surface area contributed by atoms with Crippen LogP contribution < -0.4 is 4.74 Å². The lowest BCUT2D eigenvalue weighted by Gasteiger charge is -2.47. The maximum absolute atomic E-state index is 8.96. The van der Waals surface area contributed by atoms with Crippen LogP contribution >= 0.6 is 0 Å². The van der Waals surface area contributed by atoms with Crippen molar-refractivity contribution in [2.75, 3.05) is 6.61 Å². The van der Waals surface area contributed by atoms with Gasteiger partial charge in [0.05, 0.1) is 17.9 Å². The van der Waals surface area contributed by atoms with E-state index in [0.717, 1.165) is 43.6 Å². The van der Waals surface area contributed by atoms with Gasteiger partial charge in [-0.25, -0.2) is 0 Å². The van der Waals surface area contributed by atoms with Gasteiger partial charge >= 0.3 is 0 Å². The molecule has 1 heterocycles. The molecule has 0 aromatic heterocycles. The summed E-state index contributed by atoms with van der Waals surface area (Å²) in [6, 6.07) is 7.73. The molecule has 1 saturated carbocycles. The maximum Gasteiger partial charge on any atom is 0.128 e. The fourth-order valence-electron chi connectivity index (χ4n) is 3.10. The number of benzene rings is 1. The van der Waals surface area contributed by atoms with Gasteiger partial charge in [0.2, 0.25) is 0 Å². The summed E-state index contributed by atoms with van der Waals surface area (Å²) in [6.07, 6.45) is 5.66. The highest BCUT2D eigenvalue weighted by Gasteiger charge is 2.43. The Labute approximate surface area is 119 Å². The van der Waals surface area contributed by atoms with E-state index in [1.807, 2.05) is 24.3 Å². The molecule has 3 rings (SSSR count). The average molecular weight is 275 g/mol. The molecule has 0 amide bonds. The third-order valence-electron chi connectivity index (χ3n) is 4.43. The minimum Gasteiger partial charge on any atom is -0.490 e. The Hall–Kier alpha value is -1.55. The number of hydrogen-bond acceptors (Lipinski definition) is 4. The van der Waals surface area contributed by atoms with Crippen LogP contribution in [0.15, 0.2) is 29.4 Å². The van der Waals surface area contributed by atoms with Crippen LogP contribution in [-0.2, 0) is 4.74 Å². The van der Waals surface area contributed by atoms with Crippen LogP contribution in [0.1, 0.15) is 44.6 Å². The molecule has 20 heavy (non-hydrogen) atoms. The summed E-state index contributed by atoms with van der Waals surface area (Å²) in [4.78, 5) is 0. The molecular formula is C16H21NO3. The lowest BCUT2D eigenvalue weighted by atomic mass is 9.74. The summed E-state index contributed by atoms with van der Waals surface area (Å²) in [6.45, 7) is 2.56. The SMILES string of the molecule is C/C(=N/O)c1ccccc1OC1CCOC2(CCC2)C1. The summed E-state index contributed by atoms with van der Waals surface area (Å²) in [5, 5.41) is 12.2. The van der Waals surface area contributed by atoms with Crippen molar-refractivity contribution in [2.24, 2.45) is 5.16 Å². The largest absolute Gasteiger partial charge is 0.490 e. The van der Waals surface area contributed by atoms with Crippen LogP contribution in [0.2, 0.25) is 0 Å². The first-order valence-corrected chi connectivity index (χ1v) is 7.31. The molecule has 0 bridgehead atoms. The van der Waals surface area contributed by atoms with E-state index in [-0.39, 0.29) is 11.7 Å². The molecule has 1 spiro atoms. The summed E-state index contributed by atoms with van der Waals surface area (Å²) in [5.74, 6) is 0.796. The Morgan fingerprint density at radius 2 is 2.20 bits per heavy atom. The van der Waals surface area contributed by atoms with Crippen molar-refractivity contribution >= 4 is 5.71 Å².